The summed E-state index contributed by atoms with van der Waals surface area (Å²) in [6.45, 7) is 7.30. The normalized spacial score (nSPS) is 15.0. The lowest BCUT2D eigenvalue weighted by Gasteiger charge is -2.37. The Morgan fingerprint density at radius 1 is 1.22 bits per heavy atom. The van der Waals surface area contributed by atoms with E-state index >= 15 is 0 Å². The molecule has 0 aliphatic carbocycles. The van der Waals surface area contributed by atoms with Crippen molar-refractivity contribution in [3.05, 3.63) is 59.4 Å². The van der Waals surface area contributed by atoms with Crippen LogP contribution in [0.5, 0.6) is 11.5 Å². The number of phenolic OH excluding ortho intramolecular Hbond substituents is 1. The van der Waals surface area contributed by atoms with Crippen LogP contribution in [0.15, 0.2) is 42.5 Å². The molecule has 6 nitrogen and oxygen atoms in total. The highest BCUT2D eigenvalue weighted by atomic mass is 19.1. The Morgan fingerprint density at radius 3 is 2.53 bits per heavy atom. The van der Waals surface area contributed by atoms with E-state index in [0.717, 1.165) is 43.3 Å². The van der Waals surface area contributed by atoms with E-state index in [1.54, 1.807) is 4.90 Å². The van der Waals surface area contributed by atoms with Gasteiger partial charge in [-0.2, -0.15) is 0 Å². The Labute approximate surface area is 190 Å². The first-order valence-corrected chi connectivity index (χ1v) is 11.2. The number of amides is 2. The number of carbonyl (C=O) groups excluding carboxylic acids is 1. The number of hydrogen-bond donors (Lipinski definition) is 2. The predicted molar refractivity (Wildman–Crippen MR) is 123 cm³/mol. The number of hydrogen-bond acceptors (Lipinski definition) is 4. The van der Waals surface area contributed by atoms with Crippen molar-refractivity contribution >= 4 is 6.03 Å². The van der Waals surface area contributed by atoms with E-state index in [0.29, 0.717) is 24.6 Å². The third-order valence-corrected chi connectivity index (χ3v) is 5.73. The molecule has 0 spiro atoms. The van der Waals surface area contributed by atoms with Crippen LogP contribution in [-0.4, -0.2) is 53.7 Å². The minimum atomic E-state index is -0.498. The molecule has 0 atom stereocenters. The van der Waals surface area contributed by atoms with Crippen molar-refractivity contribution in [3.63, 3.8) is 0 Å². The van der Waals surface area contributed by atoms with Gasteiger partial charge in [0, 0.05) is 24.2 Å². The smallest absolute Gasteiger partial charge is 0.318 e. The van der Waals surface area contributed by atoms with E-state index in [9.17, 15) is 14.3 Å². The molecule has 2 aromatic carbocycles. The van der Waals surface area contributed by atoms with Crippen LogP contribution in [0.2, 0.25) is 0 Å². The molecule has 2 N–H and O–H groups in total. The third kappa shape index (κ3) is 6.85. The van der Waals surface area contributed by atoms with Crippen molar-refractivity contribution in [2.75, 3.05) is 26.7 Å². The van der Waals surface area contributed by atoms with Gasteiger partial charge in [-0.1, -0.05) is 32.0 Å². The minimum Gasteiger partial charge on any atom is -0.507 e. The highest BCUT2D eigenvalue weighted by Crippen LogP contribution is 2.24. The number of piperidine rings is 1. The summed E-state index contributed by atoms with van der Waals surface area (Å²) in [6.07, 6.45) is 1.71. The molecule has 1 saturated heterocycles. The first kappa shape index (κ1) is 23.9. The predicted octanol–water partition coefficient (Wildman–Crippen LogP) is 4.37. The first-order valence-electron chi connectivity index (χ1n) is 11.2. The molecule has 3 rings (SSSR count). The maximum atomic E-state index is 13.4. The van der Waals surface area contributed by atoms with E-state index in [1.807, 2.05) is 24.3 Å². The number of nitrogens with one attached hydrogen (secondary N) is 1. The zero-order chi connectivity index (χ0) is 23.1. The Bertz CT molecular complexity index is 881. The van der Waals surface area contributed by atoms with E-state index in [2.05, 4.69) is 31.1 Å². The highest BCUT2D eigenvalue weighted by molar-refractivity contribution is 5.74. The number of likely N-dealkylation sites (tertiary alicyclic amines) is 1. The Kier molecular flexibility index (Phi) is 8.33. The van der Waals surface area contributed by atoms with Crippen LogP contribution >= 0.6 is 0 Å². The fourth-order valence-electron chi connectivity index (χ4n) is 3.77. The van der Waals surface area contributed by atoms with E-state index in [1.165, 1.54) is 12.1 Å². The third-order valence-electron chi connectivity index (χ3n) is 5.73. The van der Waals surface area contributed by atoms with Gasteiger partial charge in [0.25, 0.3) is 0 Å². The average Bonchev–Trinajstić information content (AvgIpc) is 2.77. The number of nitrogens with zero attached hydrogens (tertiary/aromatic N) is 2. The molecule has 174 valence electrons. The van der Waals surface area contributed by atoms with Crippen molar-refractivity contribution in [3.8, 4) is 11.5 Å². The lowest BCUT2D eigenvalue weighted by molar-refractivity contribution is 0.126. The number of benzene rings is 2. The SMILES string of the molecule is CC(C)COc1ccc(CNC(=O)N(Cc2ccc(F)cc2O)C2CCN(C)CC2)cc1. The van der Waals surface area contributed by atoms with Gasteiger partial charge in [0.05, 0.1) is 13.2 Å². The molecule has 0 unspecified atom stereocenters. The minimum absolute atomic E-state index is 0.0578. The van der Waals surface area contributed by atoms with E-state index in [-0.39, 0.29) is 24.4 Å². The van der Waals surface area contributed by atoms with Gasteiger partial charge < -0.3 is 25.0 Å². The lowest BCUT2D eigenvalue weighted by atomic mass is 10.0. The monoisotopic (exact) mass is 443 g/mol. The van der Waals surface area contributed by atoms with Crippen LogP contribution in [0.25, 0.3) is 0 Å². The summed E-state index contributed by atoms with van der Waals surface area (Å²) in [7, 11) is 2.07. The second-order valence-corrected chi connectivity index (χ2v) is 8.94. The zero-order valence-electron chi connectivity index (χ0n) is 19.2. The highest BCUT2D eigenvalue weighted by Gasteiger charge is 2.27. The summed E-state index contributed by atoms with van der Waals surface area (Å²) in [5, 5.41) is 13.2. The summed E-state index contributed by atoms with van der Waals surface area (Å²) in [5.74, 6) is 0.642. The van der Waals surface area contributed by atoms with Crippen molar-refractivity contribution < 1.29 is 19.0 Å². The number of aromatic hydroxyl groups is 1. The lowest BCUT2D eigenvalue weighted by Crippen LogP contribution is -2.49. The van der Waals surface area contributed by atoms with Gasteiger partial charge in [-0.05, 0) is 62.7 Å². The van der Waals surface area contributed by atoms with Crippen LogP contribution in [0.3, 0.4) is 0 Å². The Balaban J connectivity index is 1.65. The Hall–Kier alpha value is -2.80. The van der Waals surface area contributed by atoms with Gasteiger partial charge >= 0.3 is 6.03 Å². The summed E-state index contributed by atoms with van der Waals surface area (Å²) in [4.78, 5) is 17.2. The quantitative estimate of drug-likeness (QED) is 0.636. The Morgan fingerprint density at radius 2 is 1.91 bits per heavy atom. The topological polar surface area (TPSA) is 65.0 Å². The summed E-state index contributed by atoms with van der Waals surface area (Å²) >= 11 is 0. The molecule has 32 heavy (non-hydrogen) atoms. The summed E-state index contributed by atoms with van der Waals surface area (Å²) in [6, 6.07) is 11.5. The van der Waals surface area contributed by atoms with E-state index < -0.39 is 5.82 Å². The van der Waals surface area contributed by atoms with Crippen molar-refractivity contribution in [2.45, 2.75) is 45.8 Å². The number of phenols is 1. The maximum absolute atomic E-state index is 13.4. The van der Waals surface area contributed by atoms with E-state index in [4.69, 9.17) is 4.74 Å². The first-order chi connectivity index (χ1) is 15.3. The molecule has 0 radical (unpaired) electrons. The molecule has 0 bridgehead atoms. The molecule has 0 aromatic heterocycles. The number of halogens is 1. The number of urea groups is 1. The van der Waals surface area contributed by atoms with Gasteiger partial charge in [0.2, 0.25) is 0 Å². The summed E-state index contributed by atoms with van der Waals surface area (Å²) in [5.41, 5.74) is 1.51. The standard InChI is InChI=1S/C25H34FN3O3/c1-18(2)17-32-23-8-4-19(5-9-23)15-27-25(31)29(22-10-12-28(3)13-11-22)16-20-6-7-21(26)14-24(20)30/h4-9,14,18,22,30H,10-13,15-17H2,1-3H3,(H,27,31). The van der Waals surface area contributed by atoms with Crippen molar-refractivity contribution in [1.29, 1.82) is 0 Å². The molecular formula is C25H34FN3O3. The summed E-state index contributed by atoms with van der Waals surface area (Å²) < 4.78 is 19.1. The van der Waals surface area contributed by atoms with Crippen LogP contribution in [0.1, 0.15) is 37.8 Å². The largest absolute Gasteiger partial charge is 0.507 e. The fraction of sp³-hybridized carbons (Fsp3) is 0.480. The number of rotatable bonds is 8. The van der Waals surface area contributed by atoms with Crippen molar-refractivity contribution in [2.24, 2.45) is 5.92 Å². The van der Waals surface area contributed by atoms with Crippen LogP contribution in [0, 0.1) is 11.7 Å². The van der Waals surface area contributed by atoms with Gasteiger partial charge in [0.1, 0.15) is 17.3 Å². The fourth-order valence-corrected chi connectivity index (χ4v) is 3.77. The maximum Gasteiger partial charge on any atom is 0.318 e. The second-order valence-electron chi connectivity index (χ2n) is 8.94. The second kappa shape index (κ2) is 11.2. The van der Waals surface area contributed by atoms with Gasteiger partial charge in [0.15, 0.2) is 0 Å². The number of ether oxygens (including phenoxy) is 1. The van der Waals surface area contributed by atoms with Crippen molar-refractivity contribution in [1.82, 2.24) is 15.1 Å². The van der Waals surface area contributed by atoms with Gasteiger partial charge in [-0.25, -0.2) is 9.18 Å². The number of carbonyl (C=O) groups is 1. The van der Waals surface area contributed by atoms with Crippen LogP contribution in [-0.2, 0) is 13.1 Å². The van der Waals surface area contributed by atoms with Crippen LogP contribution < -0.4 is 10.1 Å². The van der Waals surface area contributed by atoms with Crippen LogP contribution in [0.4, 0.5) is 9.18 Å². The average molecular weight is 444 g/mol. The molecule has 1 aliphatic heterocycles. The molecule has 1 aliphatic rings. The zero-order valence-corrected chi connectivity index (χ0v) is 19.2. The molecule has 1 heterocycles. The molecule has 2 aromatic rings. The molecule has 0 saturated carbocycles. The molecule has 1 fully saturated rings. The molecular weight excluding hydrogens is 409 g/mol. The molecule has 2 amide bonds. The van der Waals surface area contributed by atoms with Gasteiger partial charge in [-0.3, -0.25) is 0 Å². The molecule has 7 heteroatoms. The van der Waals surface area contributed by atoms with Gasteiger partial charge in [-0.15, -0.1) is 0 Å².